The first-order chi connectivity index (χ1) is 13.1. The number of carbonyl (C=O) groups is 2. The van der Waals surface area contributed by atoms with E-state index in [1.807, 2.05) is 31.2 Å². The molecule has 1 aromatic heterocycles. The highest BCUT2D eigenvalue weighted by molar-refractivity contribution is 6.31. The van der Waals surface area contributed by atoms with Crippen molar-refractivity contribution in [2.75, 3.05) is 19.7 Å². The Hall–Kier alpha value is -2.40. The van der Waals surface area contributed by atoms with Crippen LogP contribution in [0.15, 0.2) is 48.8 Å². The van der Waals surface area contributed by atoms with Gasteiger partial charge in [0.15, 0.2) is 0 Å². The van der Waals surface area contributed by atoms with Crippen LogP contribution in [0.1, 0.15) is 35.7 Å². The van der Waals surface area contributed by atoms with Gasteiger partial charge in [-0.15, -0.1) is 0 Å². The number of halogens is 1. The Balaban J connectivity index is 1.77. The second-order valence-corrected chi connectivity index (χ2v) is 7.20. The van der Waals surface area contributed by atoms with Crippen LogP contribution in [0.25, 0.3) is 0 Å². The Kier molecular flexibility index (Phi) is 6.11. The topological polar surface area (TPSA) is 59.5 Å². The zero-order chi connectivity index (χ0) is 19.3. The van der Waals surface area contributed by atoms with Gasteiger partial charge in [0, 0.05) is 36.1 Å². The van der Waals surface area contributed by atoms with Crippen molar-refractivity contribution in [2.45, 2.75) is 26.2 Å². The van der Waals surface area contributed by atoms with Crippen LogP contribution in [-0.2, 0) is 16.0 Å². The second kappa shape index (κ2) is 8.53. The van der Waals surface area contributed by atoms with Crippen LogP contribution >= 0.6 is 11.6 Å². The molecule has 142 valence electrons. The number of amides is 1. The van der Waals surface area contributed by atoms with Crippen LogP contribution in [0, 0.1) is 5.41 Å². The van der Waals surface area contributed by atoms with Crippen LogP contribution in [0.5, 0.6) is 0 Å². The smallest absolute Gasteiger partial charge is 0.312 e. The molecule has 1 aromatic carbocycles. The number of esters is 1. The number of hydrogen-bond donors (Lipinski definition) is 0. The van der Waals surface area contributed by atoms with Crippen molar-refractivity contribution < 1.29 is 14.3 Å². The minimum absolute atomic E-state index is 0.0346. The number of benzene rings is 1. The van der Waals surface area contributed by atoms with Crippen LogP contribution in [-0.4, -0.2) is 41.5 Å². The monoisotopic (exact) mass is 386 g/mol. The first-order valence-electron chi connectivity index (χ1n) is 9.16. The van der Waals surface area contributed by atoms with E-state index in [0.29, 0.717) is 49.5 Å². The quantitative estimate of drug-likeness (QED) is 0.734. The zero-order valence-corrected chi connectivity index (χ0v) is 16.1. The lowest BCUT2D eigenvalue weighted by molar-refractivity contribution is -0.158. The lowest BCUT2D eigenvalue weighted by Crippen LogP contribution is -2.48. The molecule has 1 aliphatic rings. The molecule has 2 aromatic rings. The first kappa shape index (κ1) is 19.4. The van der Waals surface area contributed by atoms with E-state index in [-0.39, 0.29) is 11.9 Å². The Morgan fingerprint density at radius 3 is 2.44 bits per heavy atom. The summed E-state index contributed by atoms with van der Waals surface area (Å²) in [4.78, 5) is 31.2. The maximum Gasteiger partial charge on any atom is 0.312 e. The summed E-state index contributed by atoms with van der Waals surface area (Å²) in [6, 6.07) is 11.0. The van der Waals surface area contributed by atoms with E-state index in [2.05, 4.69) is 4.98 Å². The van der Waals surface area contributed by atoms with Crippen molar-refractivity contribution in [3.63, 3.8) is 0 Å². The molecule has 0 unspecified atom stereocenters. The van der Waals surface area contributed by atoms with Crippen molar-refractivity contribution in [3.8, 4) is 0 Å². The molecule has 0 N–H and O–H groups in total. The predicted octanol–water partition coefficient (Wildman–Crippen LogP) is 3.76. The number of piperidine rings is 1. The Morgan fingerprint density at radius 1 is 1.15 bits per heavy atom. The summed E-state index contributed by atoms with van der Waals surface area (Å²) in [5.74, 6) is -0.242. The summed E-state index contributed by atoms with van der Waals surface area (Å²) in [5, 5.41) is 0.650. The van der Waals surface area contributed by atoms with Crippen LogP contribution in [0.3, 0.4) is 0 Å². The highest BCUT2D eigenvalue weighted by atomic mass is 35.5. The van der Waals surface area contributed by atoms with Crippen molar-refractivity contribution in [3.05, 3.63) is 64.9 Å². The van der Waals surface area contributed by atoms with Crippen molar-refractivity contribution in [2.24, 2.45) is 5.41 Å². The number of hydrogen-bond acceptors (Lipinski definition) is 4. The molecule has 0 atom stereocenters. The lowest BCUT2D eigenvalue weighted by Gasteiger charge is -2.40. The van der Waals surface area contributed by atoms with Crippen LogP contribution < -0.4 is 0 Å². The number of carbonyl (C=O) groups excluding carboxylic acids is 2. The van der Waals surface area contributed by atoms with Gasteiger partial charge < -0.3 is 9.64 Å². The number of ether oxygens (including phenoxy) is 1. The molecule has 1 saturated heterocycles. The Labute approximate surface area is 164 Å². The van der Waals surface area contributed by atoms with E-state index in [0.717, 1.165) is 5.56 Å². The van der Waals surface area contributed by atoms with Crippen molar-refractivity contribution >= 4 is 23.5 Å². The van der Waals surface area contributed by atoms with E-state index in [4.69, 9.17) is 16.3 Å². The van der Waals surface area contributed by atoms with Gasteiger partial charge >= 0.3 is 5.97 Å². The highest BCUT2D eigenvalue weighted by Crippen LogP contribution is 2.38. The summed E-state index contributed by atoms with van der Waals surface area (Å²) < 4.78 is 5.38. The molecule has 0 saturated carbocycles. The zero-order valence-electron chi connectivity index (χ0n) is 15.4. The van der Waals surface area contributed by atoms with Gasteiger partial charge in [-0.25, -0.2) is 0 Å². The normalized spacial score (nSPS) is 16.0. The minimum Gasteiger partial charge on any atom is -0.466 e. The molecule has 5 nitrogen and oxygen atoms in total. The van der Waals surface area contributed by atoms with Gasteiger partial charge in [-0.3, -0.25) is 14.6 Å². The summed E-state index contributed by atoms with van der Waals surface area (Å²) in [7, 11) is 0. The second-order valence-electron chi connectivity index (χ2n) is 6.80. The molecule has 6 heteroatoms. The maximum atomic E-state index is 12.8. The average molecular weight is 387 g/mol. The SMILES string of the molecule is CCOC(=O)C1(Cc2ccccc2Cl)CCN(C(=O)c2ccncc2)CC1. The van der Waals surface area contributed by atoms with Gasteiger partial charge in [0.2, 0.25) is 0 Å². The fourth-order valence-corrected chi connectivity index (χ4v) is 3.76. The molecule has 1 aliphatic heterocycles. The summed E-state index contributed by atoms with van der Waals surface area (Å²) in [6.07, 6.45) is 4.83. The third kappa shape index (κ3) is 4.30. The molecule has 3 rings (SSSR count). The third-order valence-corrected chi connectivity index (χ3v) is 5.50. The fraction of sp³-hybridized carbons (Fsp3) is 0.381. The summed E-state index contributed by atoms with van der Waals surface area (Å²) >= 11 is 6.32. The highest BCUT2D eigenvalue weighted by Gasteiger charge is 2.44. The van der Waals surface area contributed by atoms with Gasteiger partial charge in [0.05, 0.1) is 12.0 Å². The molecule has 0 radical (unpaired) electrons. The molecule has 0 spiro atoms. The van der Waals surface area contributed by atoms with E-state index in [9.17, 15) is 9.59 Å². The Morgan fingerprint density at radius 2 is 1.81 bits per heavy atom. The number of rotatable bonds is 5. The number of aromatic nitrogens is 1. The van der Waals surface area contributed by atoms with Crippen LogP contribution in [0.2, 0.25) is 5.02 Å². The van der Waals surface area contributed by atoms with E-state index in [1.54, 1.807) is 29.4 Å². The number of nitrogens with zero attached hydrogens (tertiary/aromatic N) is 2. The first-order valence-corrected chi connectivity index (χ1v) is 9.53. The van der Waals surface area contributed by atoms with Crippen molar-refractivity contribution in [1.82, 2.24) is 9.88 Å². The molecule has 0 bridgehead atoms. The number of pyridine rings is 1. The molecular formula is C21H23ClN2O3. The summed E-state index contributed by atoms with van der Waals surface area (Å²) in [6.45, 7) is 3.15. The van der Waals surface area contributed by atoms with Gasteiger partial charge in [0.25, 0.3) is 5.91 Å². The standard InChI is InChI=1S/C21H23ClN2O3/c1-2-27-20(26)21(15-17-5-3-4-6-18(17)22)9-13-24(14-10-21)19(25)16-7-11-23-12-8-16/h3-8,11-12H,2,9-10,13-15H2,1H3. The Bertz CT molecular complexity index is 802. The fourth-order valence-electron chi connectivity index (χ4n) is 3.56. The molecule has 2 heterocycles. The predicted molar refractivity (Wildman–Crippen MR) is 104 cm³/mol. The molecular weight excluding hydrogens is 364 g/mol. The van der Waals surface area contributed by atoms with Gasteiger partial charge in [-0.2, -0.15) is 0 Å². The largest absolute Gasteiger partial charge is 0.466 e. The van der Waals surface area contributed by atoms with Gasteiger partial charge in [-0.1, -0.05) is 29.8 Å². The number of likely N-dealkylation sites (tertiary alicyclic amines) is 1. The van der Waals surface area contributed by atoms with E-state index in [1.165, 1.54) is 0 Å². The van der Waals surface area contributed by atoms with E-state index < -0.39 is 5.41 Å². The molecule has 0 aliphatic carbocycles. The minimum atomic E-state index is -0.657. The molecule has 1 fully saturated rings. The summed E-state index contributed by atoms with van der Waals surface area (Å²) in [5.41, 5.74) is 0.886. The van der Waals surface area contributed by atoms with Gasteiger partial charge in [0.1, 0.15) is 0 Å². The van der Waals surface area contributed by atoms with E-state index >= 15 is 0 Å². The van der Waals surface area contributed by atoms with Crippen LogP contribution in [0.4, 0.5) is 0 Å². The molecule has 1 amide bonds. The van der Waals surface area contributed by atoms with Crippen molar-refractivity contribution in [1.29, 1.82) is 0 Å². The average Bonchev–Trinajstić information content (AvgIpc) is 2.70. The lowest BCUT2D eigenvalue weighted by atomic mass is 9.73. The maximum absolute atomic E-state index is 12.8. The third-order valence-electron chi connectivity index (χ3n) is 5.13. The molecule has 27 heavy (non-hydrogen) atoms. The van der Waals surface area contributed by atoms with Gasteiger partial charge in [-0.05, 0) is 49.9 Å².